The molecule has 0 aliphatic heterocycles. The van der Waals surface area contributed by atoms with E-state index in [1.54, 1.807) is 0 Å². The number of nitrogens with one attached hydrogen (secondary N) is 3. The molecule has 93 valence electrons. The van der Waals surface area contributed by atoms with E-state index >= 15 is 0 Å². The van der Waals surface area contributed by atoms with Crippen molar-refractivity contribution in [1.29, 1.82) is 0 Å². The van der Waals surface area contributed by atoms with Crippen molar-refractivity contribution >= 4 is 15.7 Å². The largest absolute Gasteiger partial charge is 4.00 e. The Morgan fingerprint density at radius 1 is 1.00 bits per heavy atom. The van der Waals surface area contributed by atoms with Crippen LogP contribution in [0.5, 0.6) is 0 Å². The van der Waals surface area contributed by atoms with Crippen LogP contribution < -0.4 is 0 Å². The van der Waals surface area contributed by atoms with Gasteiger partial charge in [0, 0.05) is 0 Å². The molecule has 0 spiro atoms. The van der Waals surface area contributed by atoms with Crippen LogP contribution in [0.3, 0.4) is 0 Å². The van der Waals surface area contributed by atoms with E-state index in [1.165, 1.54) is 21.1 Å². The van der Waals surface area contributed by atoms with E-state index in [9.17, 15) is 10.5 Å². The molecule has 0 bridgehead atoms. The van der Waals surface area contributed by atoms with Gasteiger partial charge in [0.15, 0.2) is 0 Å². The second-order valence-corrected chi connectivity index (χ2v) is 2.12. The molecule has 1 rings (SSSR count). The Balaban J connectivity index is -0.0000000337. The van der Waals surface area contributed by atoms with Crippen LogP contribution in [0.15, 0.2) is 18.2 Å². The Morgan fingerprint density at radius 3 is 1.38 bits per heavy atom. The molecule has 0 aromatic rings. The summed E-state index contributed by atoms with van der Waals surface area (Å²) >= 11 is -4.83. The molecule has 0 saturated heterocycles. The van der Waals surface area contributed by atoms with Crippen LogP contribution in [0.1, 0.15) is 6.42 Å². The van der Waals surface area contributed by atoms with Gasteiger partial charge in [-0.15, -0.1) is 6.42 Å². The summed E-state index contributed by atoms with van der Waals surface area (Å²) in [6.45, 7) is 0. The van der Waals surface area contributed by atoms with Gasteiger partial charge in [0.05, 0.1) is 0 Å². The van der Waals surface area contributed by atoms with Crippen LogP contribution in [-0.2, 0) is 26.2 Å². The molecule has 0 saturated carbocycles. The second kappa shape index (κ2) is 45.0. The molecule has 1 radical (unpaired) electrons. The predicted molar refractivity (Wildman–Crippen MR) is 61.4 cm³/mol. The number of hydrogen-bond acceptors (Lipinski definition) is 0. The third-order valence-electron chi connectivity index (χ3n) is 0.586. The summed E-state index contributed by atoms with van der Waals surface area (Å²) in [5.74, 6) is 0. The molecule has 1 aliphatic carbocycles. The van der Waals surface area contributed by atoms with Crippen LogP contribution in [-0.4, -0.2) is 36.9 Å². The first kappa shape index (κ1) is 30.0. The number of halogens is 3. The summed E-state index contributed by atoms with van der Waals surface area (Å²) in [4.78, 5) is 0. The summed E-state index contributed by atoms with van der Waals surface area (Å²) in [5, 5.41) is 0. The monoisotopic (exact) mass is 376 g/mol. The number of allylic oxidation sites excluding steroid dienone is 4. The van der Waals surface area contributed by atoms with Gasteiger partial charge in [0.25, 0.3) is 0 Å². The fourth-order valence-corrected chi connectivity index (χ4v) is 0.340. The van der Waals surface area contributed by atoms with Crippen molar-refractivity contribution in [1.82, 2.24) is 0 Å². The van der Waals surface area contributed by atoms with Gasteiger partial charge in [-0.3, -0.25) is 6.08 Å². The standard InChI is InChI=1S/C5H5.3CH4N.F3Ge.Zr/c1-2-4-5-3-1;3*1-2;1-4(2)3;/h1-3H,4H2;3*2H,1H3;;/q4*-1;;+4. The van der Waals surface area contributed by atoms with Crippen molar-refractivity contribution in [3.05, 3.63) is 41.5 Å². The first-order valence-electron chi connectivity index (χ1n) is 3.78. The zero-order valence-corrected chi connectivity index (χ0v) is 14.1. The topological polar surface area (TPSA) is 71.4 Å². The van der Waals surface area contributed by atoms with Gasteiger partial charge in [-0.25, -0.2) is 12.2 Å². The molecule has 0 aromatic heterocycles. The van der Waals surface area contributed by atoms with Crippen molar-refractivity contribution in [3.63, 3.8) is 0 Å². The van der Waals surface area contributed by atoms with Crippen molar-refractivity contribution in [2.75, 3.05) is 21.1 Å². The maximum atomic E-state index is 9.83. The van der Waals surface area contributed by atoms with E-state index in [0.717, 1.165) is 6.42 Å². The first-order valence-corrected chi connectivity index (χ1v) is 6.16. The molecular weight excluding hydrogens is 359 g/mol. The third-order valence-corrected chi connectivity index (χ3v) is 0.586. The van der Waals surface area contributed by atoms with Crippen LogP contribution in [0.2, 0.25) is 0 Å². The molecule has 3 N–H and O–H groups in total. The minimum absolute atomic E-state index is 0. The minimum atomic E-state index is -4.83. The number of rotatable bonds is 0. The van der Waals surface area contributed by atoms with Gasteiger partial charge in [-0.2, -0.15) is 27.2 Å². The zero-order valence-electron chi connectivity index (χ0n) is 9.57. The van der Waals surface area contributed by atoms with Gasteiger partial charge < -0.3 is 17.2 Å². The van der Waals surface area contributed by atoms with Crippen molar-refractivity contribution < 1.29 is 36.7 Å². The molecule has 16 heavy (non-hydrogen) atoms. The molecule has 0 heterocycles. The Hall–Kier alpha value is 0.576. The molecule has 0 amide bonds. The van der Waals surface area contributed by atoms with Crippen molar-refractivity contribution in [2.45, 2.75) is 6.42 Å². The molecule has 0 aromatic carbocycles. The summed E-state index contributed by atoms with van der Waals surface area (Å²) in [7, 11) is 3.75. The smallest absolute Gasteiger partial charge is 4.00 e. The van der Waals surface area contributed by atoms with E-state index in [2.05, 4.69) is 12.2 Å². The van der Waals surface area contributed by atoms with E-state index in [-0.39, 0.29) is 26.2 Å². The zero-order chi connectivity index (χ0) is 13.1. The van der Waals surface area contributed by atoms with Crippen LogP contribution in [0.25, 0.3) is 17.2 Å². The Bertz CT molecular complexity index is 114. The molecule has 3 nitrogen and oxygen atoms in total. The number of hydrogen-bond donors (Lipinski definition) is 0. The fraction of sp³-hybridized carbons (Fsp3) is 0.500. The summed E-state index contributed by atoms with van der Waals surface area (Å²) in [6.07, 6.45) is 10.0. The minimum Gasteiger partial charge on any atom is 4.00 e. The normalized spacial score (nSPS) is 8.88. The quantitative estimate of drug-likeness (QED) is 0.450. The molecule has 0 fully saturated rings. The molecule has 0 unspecified atom stereocenters. The van der Waals surface area contributed by atoms with Gasteiger partial charge >= 0.3 is 52.4 Å². The van der Waals surface area contributed by atoms with Gasteiger partial charge in [-0.1, -0.05) is 0 Å². The molecule has 1 aliphatic rings. The summed E-state index contributed by atoms with van der Waals surface area (Å²) in [6, 6.07) is 0. The predicted octanol–water partition coefficient (Wildman–Crippen LogP) is 4.19. The van der Waals surface area contributed by atoms with Gasteiger partial charge in [-0.05, 0) is 0 Å². The average Bonchev–Trinajstić information content (AvgIpc) is 2.83. The van der Waals surface area contributed by atoms with E-state index < -0.39 is 15.7 Å². The maximum absolute atomic E-state index is 9.83. The molecule has 8 heteroatoms. The van der Waals surface area contributed by atoms with Crippen molar-refractivity contribution in [2.24, 2.45) is 0 Å². The Morgan fingerprint density at radius 2 is 1.31 bits per heavy atom. The van der Waals surface area contributed by atoms with Crippen LogP contribution in [0.4, 0.5) is 10.5 Å². The first-order chi connectivity index (χ1) is 7.23. The van der Waals surface area contributed by atoms with Gasteiger partial charge in [0.1, 0.15) is 0 Å². The van der Waals surface area contributed by atoms with Crippen LogP contribution in [0, 0.1) is 6.08 Å². The average molecular weight is 376 g/mol. The Labute approximate surface area is 121 Å². The second-order valence-electron chi connectivity index (χ2n) is 1.22. The molecule has 0 atom stereocenters. The van der Waals surface area contributed by atoms with Gasteiger partial charge in [0.2, 0.25) is 0 Å². The van der Waals surface area contributed by atoms with E-state index in [4.69, 9.17) is 17.2 Å². The summed E-state index contributed by atoms with van der Waals surface area (Å²) in [5.41, 5.74) is 17.2. The maximum Gasteiger partial charge on any atom is 4.00 e. The van der Waals surface area contributed by atoms with E-state index in [1.807, 2.05) is 12.2 Å². The summed E-state index contributed by atoms with van der Waals surface area (Å²) < 4.78 is 29.5. The fourth-order valence-electron chi connectivity index (χ4n) is 0.340. The third kappa shape index (κ3) is 86.4. The van der Waals surface area contributed by atoms with Crippen LogP contribution >= 0.6 is 0 Å². The SMILES string of the molecule is C[NH-].C[NH-].C[NH-].[C-]1=CC=CC1.[F][Ge]([F])[F].[Zr+4]. The van der Waals surface area contributed by atoms with Crippen molar-refractivity contribution in [3.8, 4) is 0 Å². The van der Waals surface area contributed by atoms with E-state index in [0.29, 0.717) is 0 Å². The molecular formula is C8H17F3GeN3Zr. The Kier molecular flexibility index (Phi) is 84.4.